The van der Waals surface area contributed by atoms with E-state index >= 15 is 0 Å². The first kappa shape index (κ1) is 19.1. The molecule has 0 aliphatic rings. The van der Waals surface area contributed by atoms with Crippen molar-refractivity contribution in [3.8, 4) is 5.69 Å². The van der Waals surface area contributed by atoms with Crippen LogP contribution in [0.4, 0.5) is 5.69 Å². The first-order chi connectivity index (χ1) is 12.8. The molecule has 1 aromatic carbocycles. The molecule has 1 N–H and O–H groups in total. The van der Waals surface area contributed by atoms with Gasteiger partial charge in [0.2, 0.25) is 11.1 Å². The number of nitrogens with one attached hydrogen (secondary N) is 1. The number of rotatable bonds is 5. The zero-order chi connectivity index (χ0) is 19.7. The van der Waals surface area contributed by atoms with E-state index in [1.54, 1.807) is 9.36 Å². The minimum absolute atomic E-state index is 0.117. The number of anilines is 1. The Morgan fingerprint density at radius 1 is 1.15 bits per heavy atom. The third-order valence-corrected chi connectivity index (χ3v) is 5.33. The lowest BCUT2D eigenvalue weighted by Crippen LogP contribution is -2.23. The molecule has 3 aromatic rings. The van der Waals surface area contributed by atoms with Crippen LogP contribution in [0.1, 0.15) is 29.4 Å². The molecular weight excluding hydrogens is 362 g/mol. The van der Waals surface area contributed by atoms with Crippen molar-refractivity contribution >= 4 is 23.4 Å². The van der Waals surface area contributed by atoms with Gasteiger partial charge in [0, 0.05) is 7.05 Å². The zero-order valence-corrected chi connectivity index (χ0v) is 17.1. The van der Waals surface area contributed by atoms with Gasteiger partial charge < -0.3 is 5.32 Å². The third kappa shape index (κ3) is 4.02. The summed E-state index contributed by atoms with van der Waals surface area (Å²) in [6.45, 7) is 9.70. The van der Waals surface area contributed by atoms with Crippen LogP contribution in [0.15, 0.2) is 23.4 Å². The number of aryl methyl sites for hydroxylation is 4. The van der Waals surface area contributed by atoms with Gasteiger partial charge in [-0.05, 0) is 68.3 Å². The van der Waals surface area contributed by atoms with Crippen molar-refractivity contribution in [3.63, 3.8) is 0 Å². The maximum Gasteiger partial charge on any atom is 0.237 e. The second-order valence-electron chi connectivity index (χ2n) is 6.64. The molecule has 0 unspecified atom stereocenters. The molecule has 1 atom stereocenters. The quantitative estimate of drug-likeness (QED) is 0.679. The van der Waals surface area contributed by atoms with E-state index in [0.717, 1.165) is 33.9 Å². The van der Waals surface area contributed by atoms with Crippen LogP contribution in [-0.4, -0.2) is 41.1 Å². The fraction of sp³-hybridized carbons (Fsp3) is 0.389. The number of amides is 1. The summed E-state index contributed by atoms with van der Waals surface area (Å²) in [6.07, 6.45) is 0. The van der Waals surface area contributed by atoms with Crippen LogP contribution < -0.4 is 5.32 Å². The highest BCUT2D eigenvalue weighted by Crippen LogP contribution is 2.26. The fourth-order valence-corrected chi connectivity index (χ4v) is 3.69. The minimum atomic E-state index is -0.375. The lowest BCUT2D eigenvalue weighted by atomic mass is 10.1. The highest BCUT2D eigenvalue weighted by atomic mass is 32.2. The van der Waals surface area contributed by atoms with E-state index in [0.29, 0.717) is 5.16 Å². The number of benzene rings is 1. The first-order valence-corrected chi connectivity index (χ1v) is 9.49. The Morgan fingerprint density at radius 3 is 2.41 bits per heavy atom. The molecule has 0 bridgehead atoms. The van der Waals surface area contributed by atoms with Crippen LogP contribution in [0.3, 0.4) is 0 Å². The molecule has 0 aliphatic heterocycles. The second-order valence-corrected chi connectivity index (χ2v) is 7.95. The van der Waals surface area contributed by atoms with Crippen molar-refractivity contribution in [3.05, 3.63) is 40.7 Å². The molecule has 0 fully saturated rings. The summed E-state index contributed by atoms with van der Waals surface area (Å²) in [4.78, 5) is 12.7. The predicted octanol–water partition coefficient (Wildman–Crippen LogP) is 2.75. The van der Waals surface area contributed by atoms with E-state index in [1.165, 1.54) is 11.8 Å². The average Bonchev–Trinajstić information content (AvgIpc) is 3.14. The first-order valence-electron chi connectivity index (χ1n) is 8.61. The van der Waals surface area contributed by atoms with Gasteiger partial charge in [0.25, 0.3) is 0 Å². The summed E-state index contributed by atoms with van der Waals surface area (Å²) in [5, 5.41) is 19.4. The molecule has 0 saturated heterocycles. The van der Waals surface area contributed by atoms with Gasteiger partial charge in [-0.3, -0.25) is 9.48 Å². The molecule has 142 valence electrons. The molecule has 0 spiro atoms. The smallest absolute Gasteiger partial charge is 0.237 e. The molecule has 2 heterocycles. The Balaban J connectivity index is 1.78. The summed E-state index contributed by atoms with van der Waals surface area (Å²) >= 11 is 1.32. The maximum atomic E-state index is 12.7. The molecule has 0 saturated carbocycles. The van der Waals surface area contributed by atoms with Crippen LogP contribution in [0.5, 0.6) is 0 Å². The van der Waals surface area contributed by atoms with Gasteiger partial charge in [0.1, 0.15) is 0 Å². The molecule has 27 heavy (non-hydrogen) atoms. The standard InChI is InChI=1S/C18H23N7OS/c1-10-7-11(2)9-15(8-10)25-18(20-22-23-25)27-14(5)17(26)19-16-12(3)21-24(6)13(16)4/h7-9,14H,1-6H3,(H,19,26)/t14-/m0/s1. The number of thioether (sulfide) groups is 1. The molecule has 1 amide bonds. The van der Waals surface area contributed by atoms with E-state index in [1.807, 2.05) is 53.8 Å². The maximum absolute atomic E-state index is 12.7. The summed E-state index contributed by atoms with van der Waals surface area (Å²) in [5.41, 5.74) is 5.60. The Hall–Kier alpha value is -2.68. The number of carbonyl (C=O) groups is 1. The van der Waals surface area contributed by atoms with E-state index in [9.17, 15) is 4.79 Å². The van der Waals surface area contributed by atoms with Crippen LogP contribution in [0, 0.1) is 27.7 Å². The summed E-state index contributed by atoms with van der Waals surface area (Å²) < 4.78 is 3.42. The molecule has 3 rings (SSSR count). The summed E-state index contributed by atoms with van der Waals surface area (Å²) in [5.74, 6) is -0.117. The van der Waals surface area contributed by atoms with E-state index in [2.05, 4.69) is 32.0 Å². The molecule has 2 aromatic heterocycles. The second kappa shape index (κ2) is 7.51. The lowest BCUT2D eigenvalue weighted by molar-refractivity contribution is -0.115. The average molecular weight is 385 g/mol. The Kier molecular flexibility index (Phi) is 5.31. The number of tetrazole rings is 1. The third-order valence-electron chi connectivity index (χ3n) is 4.30. The van der Waals surface area contributed by atoms with Gasteiger partial charge >= 0.3 is 0 Å². The number of carbonyl (C=O) groups excluding carboxylic acids is 1. The highest BCUT2D eigenvalue weighted by Gasteiger charge is 2.21. The lowest BCUT2D eigenvalue weighted by Gasteiger charge is -2.12. The highest BCUT2D eigenvalue weighted by molar-refractivity contribution is 8.00. The van der Waals surface area contributed by atoms with E-state index in [4.69, 9.17) is 0 Å². The van der Waals surface area contributed by atoms with E-state index in [-0.39, 0.29) is 11.2 Å². The largest absolute Gasteiger partial charge is 0.322 e. The molecule has 0 radical (unpaired) electrons. The van der Waals surface area contributed by atoms with Crippen LogP contribution in [0.25, 0.3) is 5.69 Å². The normalized spacial score (nSPS) is 12.2. The molecule has 0 aliphatic carbocycles. The van der Waals surface area contributed by atoms with Crippen molar-refractivity contribution in [1.29, 1.82) is 0 Å². The summed E-state index contributed by atoms with van der Waals surface area (Å²) in [7, 11) is 1.86. The van der Waals surface area contributed by atoms with Gasteiger partial charge in [0.15, 0.2) is 0 Å². The predicted molar refractivity (Wildman–Crippen MR) is 105 cm³/mol. The number of aromatic nitrogens is 6. The number of hydrogen-bond donors (Lipinski definition) is 1. The molecule has 8 nitrogen and oxygen atoms in total. The van der Waals surface area contributed by atoms with Crippen molar-refractivity contribution in [1.82, 2.24) is 30.0 Å². The van der Waals surface area contributed by atoms with Crippen molar-refractivity contribution < 1.29 is 4.79 Å². The Labute approximate surface area is 162 Å². The SMILES string of the molecule is Cc1cc(C)cc(-n2nnnc2S[C@@H](C)C(=O)Nc2c(C)nn(C)c2C)c1. The van der Waals surface area contributed by atoms with Crippen molar-refractivity contribution in [2.24, 2.45) is 7.05 Å². The monoisotopic (exact) mass is 385 g/mol. The Bertz CT molecular complexity index is 972. The van der Waals surface area contributed by atoms with Gasteiger partial charge in [-0.1, -0.05) is 17.8 Å². The van der Waals surface area contributed by atoms with Crippen molar-refractivity contribution in [2.45, 2.75) is 45.0 Å². The summed E-state index contributed by atoms with van der Waals surface area (Å²) in [6, 6.07) is 6.12. The van der Waals surface area contributed by atoms with Gasteiger partial charge in [0.05, 0.1) is 28.0 Å². The topological polar surface area (TPSA) is 90.5 Å². The number of hydrogen-bond acceptors (Lipinski definition) is 6. The van der Waals surface area contributed by atoms with E-state index < -0.39 is 0 Å². The number of nitrogens with zero attached hydrogens (tertiary/aromatic N) is 6. The Morgan fingerprint density at radius 2 is 1.81 bits per heavy atom. The van der Waals surface area contributed by atoms with Crippen molar-refractivity contribution in [2.75, 3.05) is 5.32 Å². The van der Waals surface area contributed by atoms with Gasteiger partial charge in [-0.25, -0.2) is 0 Å². The van der Waals surface area contributed by atoms with Gasteiger partial charge in [-0.15, -0.1) is 5.10 Å². The van der Waals surface area contributed by atoms with Crippen LogP contribution >= 0.6 is 11.8 Å². The molecule has 9 heteroatoms. The minimum Gasteiger partial charge on any atom is -0.322 e. The molecular formula is C18H23N7OS. The van der Waals surface area contributed by atoms with Crippen LogP contribution in [-0.2, 0) is 11.8 Å². The zero-order valence-electron chi connectivity index (χ0n) is 16.3. The van der Waals surface area contributed by atoms with Gasteiger partial charge in [-0.2, -0.15) is 9.78 Å². The van der Waals surface area contributed by atoms with Crippen LogP contribution in [0.2, 0.25) is 0 Å². The fourth-order valence-electron chi connectivity index (χ4n) is 2.88.